The number of carbonyl (C=O) groups is 1. The average Bonchev–Trinajstić information content (AvgIpc) is 2.56. The van der Waals surface area contributed by atoms with Crippen LogP contribution in [0.15, 0.2) is 30.3 Å². The SMILES string of the molecule is CC[C@@H](Oc1ccccc1)C(=O)NC1C2CC3CC(C2)CC1C3. The van der Waals surface area contributed by atoms with Crippen molar-refractivity contribution in [3.05, 3.63) is 30.3 Å². The molecule has 0 aliphatic heterocycles. The zero-order valence-electron chi connectivity index (χ0n) is 13.9. The predicted molar refractivity (Wildman–Crippen MR) is 90.1 cm³/mol. The summed E-state index contributed by atoms with van der Waals surface area (Å²) in [5, 5.41) is 3.37. The molecular formula is C20H27NO2. The fourth-order valence-electron chi connectivity index (χ4n) is 5.40. The third kappa shape index (κ3) is 2.98. The fraction of sp³-hybridized carbons (Fsp3) is 0.650. The molecule has 124 valence electrons. The molecule has 4 aliphatic rings. The van der Waals surface area contributed by atoms with Gasteiger partial charge in [-0.05, 0) is 74.3 Å². The van der Waals surface area contributed by atoms with Crippen molar-refractivity contribution in [2.45, 2.75) is 57.6 Å². The van der Waals surface area contributed by atoms with E-state index in [1.54, 1.807) is 0 Å². The Morgan fingerprint density at radius 2 is 1.70 bits per heavy atom. The number of hydrogen-bond acceptors (Lipinski definition) is 2. The van der Waals surface area contributed by atoms with Gasteiger partial charge in [-0.3, -0.25) is 4.79 Å². The normalized spacial score (nSPS) is 35.8. The monoisotopic (exact) mass is 313 g/mol. The second-order valence-electron chi connectivity index (χ2n) is 7.79. The fourth-order valence-corrected chi connectivity index (χ4v) is 5.40. The van der Waals surface area contributed by atoms with Crippen molar-refractivity contribution in [2.24, 2.45) is 23.7 Å². The quantitative estimate of drug-likeness (QED) is 0.898. The number of hydrogen-bond donors (Lipinski definition) is 1. The molecule has 0 heterocycles. The Hall–Kier alpha value is -1.51. The molecule has 3 heteroatoms. The number of ether oxygens (including phenoxy) is 1. The highest BCUT2D eigenvalue weighted by Crippen LogP contribution is 2.53. The summed E-state index contributed by atoms with van der Waals surface area (Å²) in [6, 6.07) is 10.1. The molecule has 0 unspecified atom stereocenters. The second-order valence-corrected chi connectivity index (χ2v) is 7.79. The zero-order valence-corrected chi connectivity index (χ0v) is 13.9. The Labute approximate surface area is 138 Å². The maximum atomic E-state index is 12.7. The van der Waals surface area contributed by atoms with E-state index in [1.165, 1.54) is 32.1 Å². The number of nitrogens with one attached hydrogen (secondary N) is 1. The first-order valence-electron chi connectivity index (χ1n) is 9.25. The van der Waals surface area contributed by atoms with Crippen LogP contribution in [-0.2, 0) is 4.79 Å². The number of benzene rings is 1. The maximum Gasteiger partial charge on any atom is 0.261 e. The molecule has 1 atom stereocenters. The Kier molecular flexibility index (Phi) is 4.04. The molecule has 23 heavy (non-hydrogen) atoms. The van der Waals surface area contributed by atoms with Crippen molar-refractivity contribution >= 4 is 5.91 Å². The number of para-hydroxylation sites is 1. The Bertz CT molecular complexity index is 528. The summed E-state index contributed by atoms with van der Waals surface area (Å²) < 4.78 is 5.91. The van der Waals surface area contributed by atoms with Crippen molar-refractivity contribution in [2.75, 3.05) is 0 Å². The summed E-state index contributed by atoms with van der Waals surface area (Å²) in [5.41, 5.74) is 0. The smallest absolute Gasteiger partial charge is 0.261 e. The Morgan fingerprint density at radius 1 is 1.09 bits per heavy atom. The summed E-state index contributed by atoms with van der Waals surface area (Å²) in [5.74, 6) is 4.16. The van der Waals surface area contributed by atoms with Crippen LogP contribution >= 0.6 is 0 Å². The van der Waals surface area contributed by atoms with E-state index in [0.717, 1.165) is 17.6 Å². The van der Waals surface area contributed by atoms with Crippen LogP contribution in [0, 0.1) is 23.7 Å². The Balaban J connectivity index is 1.40. The number of carbonyl (C=O) groups excluding carboxylic acids is 1. The number of rotatable bonds is 5. The Morgan fingerprint density at radius 3 is 2.26 bits per heavy atom. The molecule has 0 saturated heterocycles. The van der Waals surface area contributed by atoms with Gasteiger partial charge in [0.15, 0.2) is 6.10 Å². The molecule has 0 spiro atoms. The molecule has 0 aromatic heterocycles. The van der Waals surface area contributed by atoms with E-state index in [1.807, 2.05) is 37.3 Å². The van der Waals surface area contributed by atoms with Crippen LogP contribution in [0.25, 0.3) is 0 Å². The van der Waals surface area contributed by atoms with Gasteiger partial charge in [-0.15, -0.1) is 0 Å². The van der Waals surface area contributed by atoms with Gasteiger partial charge in [-0.25, -0.2) is 0 Å². The zero-order chi connectivity index (χ0) is 15.8. The first kappa shape index (κ1) is 15.0. The lowest BCUT2D eigenvalue weighted by molar-refractivity contribution is -0.132. The van der Waals surface area contributed by atoms with Crippen LogP contribution in [0.3, 0.4) is 0 Å². The van der Waals surface area contributed by atoms with Crippen LogP contribution < -0.4 is 10.1 Å². The molecule has 4 saturated carbocycles. The summed E-state index contributed by atoms with van der Waals surface area (Å²) in [6.45, 7) is 2.02. The van der Waals surface area contributed by atoms with E-state index in [-0.39, 0.29) is 12.0 Å². The molecule has 1 aromatic rings. The van der Waals surface area contributed by atoms with Gasteiger partial charge in [0.2, 0.25) is 0 Å². The van der Waals surface area contributed by atoms with Gasteiger partial charge in [-0.1, -0.05) is 25.1 Å². The molecule has 0 radical (unpaired) electrons. The minimum atomic E-state index is -0.380. The van der Waals surface area contributed by atoms with Crippen molar-refractivity contribution in [3.63, 3.8) is 0 Å². The predicted octanol–water partition coefficient (Wildman–Crippen LogP) is 3.78. The minimum Gasteiger partial charge on any atom is -0.481 e. The van der Waals surface area contributed by atoms with Crippen LogP contribution in [-0.4, -0.2) is 18.1 Å². The topological polar surface area (TPSA) is 38.3 Å². The first-order valence-corrected chi connectivity index (χ1v) is 9.25. The van der Waals surface area contributed by atoms with E-state index in [4.69, 9.17) is 4.74 Å². The second kappa shape index (κ2) is 6.18. The maximum absolute atomic E-state index is 12.7. The first-order chi connectivity index (χ1) is 11.2. The van der Waals surface area contributed by atoms with E-state index in [2.05, 4.69) is 5.32 Å². The lowest BCUT2D eigenvalue weighted by Crippen LogP contribution is -2.57. The van der Waals surface area contributed by atoms with E-state index in [0.29, 0.717) is 24.3 Å². The van der Waals surface area contributed by atoms with Crippen LogP contribution in [0.5, 0.6) is 5.75 Å². The third-order valence-electron chi connectivity index (χ3n) is 6.22. The highest BCUT2D eigenvalue weighted by molar-refractivity contribution is 5.81. The average molecular weight is 313 g/mol. The van der Waals surface area contributed by atoms with Crippen molar-refractivity contribution in [3.8, 4) is 5.75 Å². The third-order valence-corrected chi connectivity index (χ3v) is 6.22. The summed E-state index contributed by atoms with van der Waals surface area (Å²) in [7, 11) is 0. The van der Waals surface area contributed by atoms with Crippen molar-refractivity contribution < 1.29 is 9.53 Å². The van der Waals surface area contributed by atoms with Crippen LogP contribution in [0.1, 0.15) is 45.4 Å². The van der Waals surface area contributed by atoms with Crippen molar-refractivity contribution in [1.29, 1.82) is 0 Å². The number of amides is 1. The standard InChI is InChI=1S/C20H27NO2/c1-2-18(23-17-6-4-3-5-7-17)20(22)21-19-15-9-13-8-14(11-15)12-16(19)10-13/h3-7,13-16,18-19H,2,8-12H2,1H3,(H,21,22)/t13?,14?,15?,16?,18-,19?/m1/s1. The van der Waals surface area contributed by atoms with Gasteiger partial charge < -0.3 is 10.1 Å². The van der Waals surface area contributed by atoms with E-state index >= 15 is 0 Å². The molecule has 3 nitrogen and oxygen atoms in total. The van der Waals surface area contributed by atoms with Crippen LogP contribution in [0.2, 0.25) is 0 Å². The molecular weight excluding hydrogens is 286 g/mol. The molecule has 5 rings (SSSR count). The molecule has 1 N–H and O–H groups in total. The molecule has 4 bridgehead atoms. The van der Waals surface area contributed by atoms with Gasteiger partial charge in [0.25, 0.3) is 5.91 Å². The summed E-state index contributed by atoms with van der Waals surface area (Å²) >= 11 is 0. The largest absolute Gasteiger partial charge is 0.481 e. The van der Waals surface area contributed by atoms with Gasteiger partial charge >= 0.3 is 0 Å². The molecule has 1 aromatic carbocycles. The minimum absolute atomic E-state index is 0.0776. The summed E-state index contributed by atoms with van der Waals surface area (Å²) in [4.78, 5) is 12.7. The highest BCUT2D eigenvalue weighted by Gasteiger charge is 2.48. The summed E-state index contributed by atoms with van der Waals surface area (Å²) in [6.07, 6.45) is 7.08. The van der Waals surface area contributed by atoms with E-state index < -0.39 is 0 Å². The lowest BCUT2D eigenvalue weighted by atomic mass is 9.54. The van der Waals surface area contributed by atoms with Crippen molar-refractivity contribution in [1.82, 2.24) is 5.32 Å². The highest BCUT2D eigenvalue weighted by atomic mass is 16.5. The van der Waals surface area contributed by atoms with Gasteiger partial charge in [0, 0.05) is 6.04 Å². The van der Waals surface area contributed by atoms with E-state index in [9.17, 15) is 4.79 Å². The van der Waals surface area contributed by atoms with Gasteiger partial charge in [0.1, 0.15) is 5.75 Å². The van der Waals surface area contributed by atoms with Gasteiger partial charge in [0.05, 0.1) is 0 Å². The van der Waals surface area contributed by atoms with Crippen LogP contribution in [0.4, 0.5) is 0 Å². The van der Waals surface area contributed by atoms with Gasteiger partial charge in [-0.2, -0.15) is 0 Å². The molecule has 1 amide bonds. The molecule has 4 fully saturated rings. The molecule has 4 aliphatic carbocycles. The lowest BCUT2D eigenvalue weighted by Gasteiger charge is -2.54.